The van der Waals surface area contributed by atoms with Gasteiger partial charge in [-0.25, -0.2) is 0 Å². The van der Waals surface area contributed by atoms with Crippen LogP contribution in [0.4, 0.5) is 0 Å². The van der Waals surface area contributed by atoms with E-state index >= 15 is 0 Å². The van der Waals surface area contributed by atoms with Crippen molar-refractivity contribution in [2.24, 2.45) is 11.3 Å². The van der Waals surface area contributed by atoms with Crippen LogP contribution in [-0.4, -0.2) is 37.1 Å². The minimum atomic E-state index is 0.595. The number of nitrogens with one attached hydrogen (secondary N) is 1. The summed E-state index contributed by atoms with van der Waals surface area (Å²) >= 11 is 0. The number of nitrogens with zero attached hydrogens (tertiary/aromatic N) is 1. The highest BCUT2D eigenvalue weighted by atomic mass is 15.2. The summed E-state index contributed by atoms with van der Waals surface area (Å²) in [7, 11) is 0. The van der Waals surface area contributed by atoms with E-state index in [0.29, 0.717) is 5.41 Å². The van der Waals surface area contributed by atoms with Gasteiger partial charge in [0.15, 0.2) is 0 Å². The Labute approximate surface area is 87.0 Å². The summed E-state index contributed by atoms with van der Waals surface area (Å²) in [6.45, 7) is 7.66. The average molecular weight is 194 g/mol. The lowest BCUT2D eigenvalue weighted by Gasteiger charge is -2.51. The Morgan fingerprint density at radius 2 is 1.93 bits per heavy atom. The zero-order valence-corrected chi connectivity index (χ0v) is 9.26. The molecule has 4 rings (SSSR count). The number of piperidine rings is 2. The van der Waals surface area contributed by atoms with Crippen LogP contribution in [0.5, 0.6) is 0 Å². The van der Waals surface area contributed by atoms with Gasteiger partial charge < -0.3 is 5.32 Å². The second-order valence-corrected chi connectivity index (χ2v) is 6.02. The molecule has 0 atom stereocenters. The van der Waals surface area contributed by atoms with Crippen molar-refractivity contribution >= 4 is 0 Å². The molecule has 1 saturated carbocycles. The first-order valence-electron chi connectivity index (χ1n) is 6.20. The molecule has 0 aromatic rings. The van der Waals surface area contributed by atoms with Gasteiger partial charge in [0.05, 0.1) is 0 Å². The van der Waals surface area contributed by atoms with Crippen LogP contribution in [0, 0.1) is 11.3 Å². The molecule has 0 spiro atoms. The third-order valence-corrected chi connectivity index (χ3v) is 4.51. The van der Waals surface area contributed by atoms with E-state index in [2.05, 4.69) is 17.1 Å². The van der Waals surface area contributed by atoms with Crippen LogP contribution < -0.4 is 5.32 Å². The van der Waals surface area contributed by atoms with Gasteiger partial charge in [0.1, 0.15) is 0 Å². The molecule has 1 N–H and O–H groups in total. The highest BCUT2D eigenvalue weighted by Gasteiger charge is 2.39. The summed E-state index contributed by atoms with van der Waals surface area (Å²) in [6, 6.07) is 0.942. The zero-order valence-electron chi connectivity index (χ0n) is 9.26. The molecule has 4 aliphatic rings. The Kier molecular flexibility index (Phi) is 2.10. The van der Waals surface area contributed by atoms with Crippen molar-refractivity contribution in [3.8, 4) is 0 Å². The van der Waals surface area contributed by atoms with E-state index in [1.165, 1.54) is 51.9 Å². The van der Waals surface area contributed by atoms with Gasteiger partial charge in [-0.05, 0) is 31.6 Å². The molecular weight excluding hydrogens is 172 g/mol. The zero-order chi connectivity index (χ0) is 9.60. The molecule has 0 amide bonds. The number of fused-ring (bicyclic) bond motifs is 3. The first kappa shape index (κ1) is 9.17. The Balaban J connectivity index is 1.62. The second-order valence-electron chi connectivity index (χ2n) is 6.02. The van der Waals surface area contributed by atoms with Crippen molar-refractivity contribution in [3.63, 3.8) is 0 Å². The van der Waals surface area contributed by atoms with E-state index in [0.717, 1.165) is 12.0 Å². The fourth-order valence-electron chi connectivity index (χ4n) is 3.52. The Hall–Kier alpha value is -0.0800. The van der Waals surface area contributed by atoms with E-state index in [1.54, 1.807) is 0 Å². The maximum atomic E-state index is 3.41. The van der Waals surface area contributed by atoms with Crippen molar-refractivity contribution in [1.29, 1.82) is 0 Å². The summed E-state index contributed by atoms with van der Waals surface area (Å²) in [5, 5.41) is 3.41. The van der Waals surface area contributed by atoms with Crippen molar-refractivity contribution < 1.29 is 0 Å². The SMILES string of the molecule is CC1(CN2CC3CCC2CC3)CNC1. The molecule has 0 aromatic heterocycles. The summed E-state index contributed by atoms with van der Waals surface area (Å²) in [5.41, 5.74) is 0.595. The molecule has 3 heterocycles. The van der Waals surface area contributed by atoms with Crippen LogP contribution in [0.25, 0.3) is 0 Å². The molecule has 3 saturated heterocycles. The standard InChI is InChI=1S/C12H22N2/c1-12(7-13-8-12)9-14-6-10-2-4-11(14)5-3-10/h10-11,13H,2-9H2,1H3. The van der Waals surface area contributed by atoms with Gasteiger partial charge in [0.2, 0.25) is 0 Å². The number of rotatable bonds is 2. The van der Waals surface area contributed by atoms with Crippen LogP contribution in [0.1, 0.15) is 32.6 Å². The van der Waals surface area contributed by atoms with Gasteiger partial charge in [-0.3, -0.25) is 4.90 Å². The number of hydrogen-bond donors (Lipinski definition) is 1. The molecular formula is C12H22N2. The molecule has 3 aliphatic heterocycles. The van der Waals surface area contributed by atoms with Crippen molar-refractivity contribution in [2.75, 3.05) is 26.2 Å². The predicted octanol–water partition coefficient (Wildman–Crippen LogP) is 1.47. The van der Waals surface area contributed by atoms with Crippen LogP contribution in [0.15, 0.2) is 0 Å². The average Bonchev–Trinajstić information content (AvgIpc) is 2.17. The van der Waals surface area contributed by atoms with Gasteiger partial charge in [0, 0.05) is 37.6 Å². The van der Waals surface area contributed by atoms with Crippen molar-refractivity contribution in [3.05, 3.63) is 0 Å². The maximum Gasteiger partial charge on any atom is 0.00958 e. The molecule has 2 heteroatoms. The highest BCUT2D eigenvalue weighted by Crippen LogP contribution is 2.37. The monoisotopic (exact) mass is 194 g/mol. The molecule has 0 aromatic carbocycles. The fraction of sp³-hybridized carbons (Fsp3) is 1.00. The largest absolute Gasteiger partial charge is 0.315 e. The fourth-order valence-corrected chi connectivity index (χ4v) is 3.52. The minimum Gasteiger partial charge on any atom is -0.315 e. The van der Waals surface area contributed by atoms with E-state index in [-0.39, 0.29) is 0 Å². The van der Waals surface area contributed by atoms with Crippen LogP contribution in [0.3, 0.4) is 0 Å². The molecule has 0 radical (unpaired) electrons. The lowest BCUT2D eigenvalue weighted by atomic mass is 9.77. The molecule has 4 fully saturated rings. The minimum absolute atomic E-state index is 0.595. The molecule has 80 valence electrons. The lowest BCUT2D eigenvalue weighted by molar-refractivity contribution is 0.00205. The van der Waals surface area contributed by atoms with Crippen LogP contribution in [-0.2, 0) is 0 Å². The summed E-state index contributed by atoms with van der Waals surface area (Å²) in [6.07, 6.45) is 5.98. The summed E-state index contributed by atoms with van der Waals surface area (Å²) < 4.78 is 0. The molecule has 0 unspecified atom stereocenters. The number of hydrogen-bond acceptors (Lipinski definition) is 2. The van der Waals surface area contributed by atoms with Gasteiger partial charge in [0.25, 0.3) is 0 Å². The molecule has 1 aliphatic carbocycles. The van der Waals surface area contributed by atoms with Gasteiger partial charge in [-0.1, -0.05) is 6.92 Å². The predicted molar refractivity (Wildman–Crippen MR) is 58.3 cm³/mol. The Morgan fingerprint density at radius 3 is 2.36 bits per heavy atom. The van der Waals surface area contributed by atoms with E-state index in [1.807, 2.05) is 0 Å². The third kappa shape index (κ3) is 1.49. The van der Waals surface area contributed by atoms with Crippen LogP contribution >= 0.6 is 0 Å². The summed E-state index contributed by atoms with van der Waals surface area (Å²) in [5.74, 6) is 1.04. The second kappa shape index (κ2) is 3.21. The quantitative estimate of drug-likeness (QED) is 0.716. The van der Waals surface area contributed by atoms with Gasteiger partial charge in [-0.15, -0.1) is 0 Å². The first-order chi connectivity index (χ1) is 6.75. The Bertz CT molecular complexity index is 214. The maximum absolute atomic E-state index is 3.41. The van der Waals surface area contributed by atoms with Crippen molar-refractivity contribution in [1.82, 2.24) is 10.2 Å². The van der Waals surface area contributed by atoms with E-state index in [9.17, 15) is 0 Å². The van der Waals surface area contributed by atoms with Crippen LogP contribution in [0.2, 0.25) is 0 Å². The third-order valence-electron chi connectivity index (χ3n) is 4.51. The molecule has 2 bridgehead atoms. The normalized spacial score (nSPS) is 40.9. The molecule has 2 nitrogen and oxygen atoms in total. The smallest absolute Gasteiger partial charge is 0.00958 e. The topological polar surface area (TPSA) is 15.3 Å². The lowest BCUT2D eigenvalue weighted by Crippen LogP contribution is -2.60. The van der Waals surface area contributed by atoms with Crippen molar-refractivity contribution in [2.45, 2.75) is 38.6 Å². The van der Waals surface area contributed by atoms with Gasteiger partial charge >= 0.3 is 0 Å². The molecule has 14 heavy (non-hydrogen) atoms. The first-order valence-corrected chi connectivity index (χ1v) is 6.20. The summed E-state index contributed by atoms with van der Waals surface area (Å²) in [4.78, 5) is 2.79. The highest BCUT2D eigenvalue weighted by molar-refractivity contribution is 4.95. The van der Waals surface area contributed by atoms with Gasteiger partial charge in [-0.2, -0.15) is 0 Å². The van der Waals surface area contributed by atoms with E-state index in [4.69, 9.17) is 0 Å². The Morgan fingerprint density at radius 1 is 1.21 bits per heavy atom. The van der Waals surface area contributed by atoms with E-state index < -0.39 is 0 Å².